The van der Waals surface area contributed by atoms with Crippen molar-refractivity contribution in [2.45, 2.75) is 70.6 Å². The number of aliphatic hydroxyl groups excluding tert-OH is 1. The summed E-state index contributed by atoms with van der Waals surface area (Å²) >= 11 is 0. The van der Waals surface area contributed by atoms with E-state index in [9.17, 15) is 9.90 Å². The normalized spacial score (nSPS) is 19.5. The van der Waals surface area contributed by atoms with Gasteiger partial charge in [-0.2, -0.15) is 5.10 Å². The minimum atomic E-state index is -0.272. The number of nitrogens with one attached hydrogen (secondary N) is 2. The molecule has 4 aromatic rings. The zero-order valence-corrected chi connectivity index (χ0v) is 27.3. The van der Waals surface area contributed by atoms with Crippen molar-refractivity contribution in [1.82, 2.24) is 34.5 Å². The van der Waals surface area contributed by atoms with Gasteiger partial charge in [0.1, 0.15) is 0 Å². The third-order valence-electron chi connectivity index (χ3n) is 9.51. The molecule has 3 aromatic heterocycles. The highest BCUT2D eigenvalue weighted by atomic mass is 16.3. The van der Waals surface area contributed by atoms with Crippen LogP contribution in [0.3, 0.4) is 0 Å². The van der Waals surface area contributed by atoms with Gasteiger partial charge in [-0.25, -0.2) is 4.98 Å². The first-order valence-corrected chi connectivity index (χ1v) is 16.3. The first kappa shape index (κ1) is 31.2. The second-order valence-corrected chi connectivity index (χ2v) is 13.1. The zero-order chi connectivity index (χ0) is 31.7. The molecule has 0 atom stereocenters. The number of aryl methyl sites for hydroxylation is 2. The Morgan fingerprint density at radius 1 is 1.02 bits per heavy atom. The molecule has 0 bridgehead atoms. The van der Waals surface area contributed by atoms with Crippen LogP contribution in [0.4, 0.5) is 11.6 Å². The predicted molar refractivity (Wildman–Crippen MR) is 179 cm³/mol. The lowest BCUT2D eigenvalue weighted by molar-refractivity contribution is 0.102. The number of aromatic nitrogens is 5. The number of hydrogen-bond acceptors (Lipinski definition) is 8. The fourth-order valence-electron chi connectivity index (χ4n) is 6.75. The quantitative estimate of drug-likeness (QED) is 0.256. The molecule has 1 saturated heterocycles. The van der Waals surface area contributed by atoms with Crippen LogP contribution in [0.2, 0.25) is 0 Å². The van der Waals surface area contributed by atoms with E-state index >= 15 is 0 Å². The Bertz CT molecular complexity index is 1640. The minimum Gasteiger partial charge on any atom is -0.393 e. The number of likely N-dealkylation sites (N-methyl/N-ethyl adjacent to an activating group) is 1. The van der Waals surface area contributed by atoms with Crippen molar-refractivity contribution < 1.29 is 9.90 Å². The molecule has 3 N–H and O–H groups in total. The van der Waals surface area contributed by atoms with E-state index in [1.54, 1.807) is 6.20 Å². The van der Waals surface area contributed by atoms with Gasteiger partial charge in [0.2, 0.25) is 5.95 Å². The van der Waals surface area contributed by atoms with Gasteiger partial charge in [-0.1, -0.05) is 0 Å². The number of carbonyl (C=O) groups excluding carboxylic acids is 1. The number of piperidine rings is 1. The molecule has 1 aromatic carbocycles. The van der Waals surface area contributed by atoms with Crippen LogP contribution in [-0.4, -0.2) is 92.6 Å². The van der Waals surface area contributed by atoms with Crippen LogP contribution < -0.4 is 15.5 Å². The Morgan fingerprint density at radius 2 is 1.78 bits per heavy atom. The number of anilines is 2. The maximum absolute atomic E-state index is 13.8. The summed E-state index contributed by atoms with van der Waals surface area (Å²) in [6, 6.07) is 10.8. The van der Waals surface area contributed by atoms with Crippen molar-refractivity contribution in [2.75, 3.05) is 50.5 Å². The molecule has 0 radical (unpaired) electrons. The fourth-order valence-corrected chi connectivity index (χ4v) is 6.75. The third-order valence-corrected chi connectivity index (χ3v) is 9.51. The van der Waals surface area contributed by atoms with Crippen LogP contribution >= 0.6 is 0 Å². The number of benzene rings is 1. The van der Waals surface area contributed by atoms with Gasteiger partial charge in [-0.15, -0.1) is 0 Å². The zero-order valence-electron chi connectivity index (χ0n) is 27.3. The van der Waals surface area contributed by atoms with Crippen LogP contribution in [0.15, 0.2) is 36.5 Å². The summed E-state index contributed by atoms with van der Waals surface area (Å²) < 4.78 is 4.01. The van der Waals surface area contributed by atoms with Crippen molar-refractivity contribution in [3.05, 3.63) is 53.5 Å². The van der Waals surface area contributed by atoms with Gasteiger partial charge in [0.15, 0.2) is 0 Å². The highest BCUT2D eigenvalue weighted by molar-refractivity contribution is 6.05. The first-order chi connectivity index (χ1) is 21.7. The lowest BCUT2D eigenvalue weighted by atomic mass is 9.93. The molecule has 1 aliphatic heterocycles. The van der Waals surface area contributed by atoms with E-state index in [0.29, 0.717) is 17.6 Å². The molecule has 45 heavy (non-hydrogen) atoms. The maximum atomic E-state index is 13.8. The molecular formula is C34H47N9O2. The van der Waals surface area contributed by atoms with E-state index in [0.717, 1.165) is 98.4 Å². The molecule has 11 heteroatoms. The highest BCUT2D eigenvalue weighted by Crippen LogP contribution is 2.36. The van der Waals surface area contributed by atoms with Gasteiger partial charge in [0.05, 0.1) is 29.0 Å². The second kappa shape index (κ2) is 13.3. The molecule has 11 nitrogen and oxygen atoms in total. The van der Waals surface area contributed by atoms with Crippen LogP contribution in [0, 0.1) is 13.8 Å². The lowest BCUT2D eigenvalue weighted by Crippen LogP contribution is -2.44. The van der Waals surface area contributed by atoms with Gasteiger partial charge >= 0.3 is 0 Å². The van der Waals surface area contributed by atoms with Crippen LogP contribution in [-0.2, 0) is 7.05 Å². The fraction of sp³-hybridized carbons (Fsp3) is 0.529. The largest absolute Gasteiger partial charge is 0.393 e. The summed E-state index contributed by atoms with van der Waals surface area (Å²) in [5.74, 6) is 0.325. The molecule has 4 heterocycles. The van der Waals surface area contributed by atoms with E-state index in [4.69, 9.17) is 9.97 Å². The summed E-state index contributed by atoms with van der Waals surface area (Å²) in [4.78, 5) is 28.1. The molecular weight excluding hydrogens is 566 g/mol. The SMILES string of the molecule is Cc1cc(C(=O)Nc2nc3ccc(N4CCC(NCCN(C)C)CC4)cc3n2C2CCC(O)CC2)cc(-c2cnn(C)c2C)n1. The van der Waals surface area contributed by atoms with Gasteiger partial charge in [-0.05, 0) is 96.8 Å². The molecule has 2 fully saturated rings. The number of rotatable bonds is 9. The number of pyridine rings is 1. The Hall–Kier alpha value is -3.80. The van der Waals surface area contributed by atoms with Gasteiger partial charge in [-0.3, -0.25) is 19.8 Å². The number of imidazole rings is 1. The molecule has 240 valence electrons. The molecule has 1 saturated carbocycles. The average molecular weight is 614 g/mol. The monoisotopic (exact) mass is 613 g/mol. The van der Waals surface area contributed by atoms with E-state index in [1.165, 1.54) is 5.69 Å². The second-order valence-electron chi connectivity index (χ2n) is 13.1. The number of fused-ring (bicyclic) bond motifs is 1. The number of carbonyl (C=O) groups is 1. The topological polar surface area (TPSA) is 116 Å². The van der Waals surface area contributed by atoms with Crippen molar-refractivity contribution in [3.63, 3.8) is 0 Å². The van der Waals surface area contributed by atoms with Crippen molar-refractivity contribution in [3.8, 4) is 11.3 Å². The van der Waals surface area contributed by atoms with E-state index in [-0.39, 0.29) is 18.1 Å². The molecule has 1 amide bonds. The standard InChI is InChI=1S/C34H47N9O2/c1-22-18-24(19-31(37-22)29-21-36-41(5)23(29)2)33(45)39-34-38-30-11-8-27(20-32(30)43(34)26-6-9-28(44)10-7-26)42-15-12-25(13-16-42)35-14-17-40(3)4/h8,11,18-21,25-26,28,35,44H,6-7,9-10,12-17H2,1-5H3,(H,38,39,45). The summed E-state index contributed by atoms with van der Waals surface area (Å²) in [6.07, 6.45) is 6.89. The van der Waals surface area contributed by atoms with Crippen LogP contribution in [0.5, 0.6) is 0 Å². The first-order valence-electron chi connectivity index (χ1n) is 16.3. The van der Waals surface area contributed by atoms with Crippen molar-refractivity contribution in [2.24, 2.45) is 7.05 Å². The lowest BCUT2D eigenvalue weighted by Gasteiger charge is -2.34. The summed E-state index contributed by atoms with van der Waals surface area (Å²) in [7, 11) is 6.12. The molecule has 6 rings (SSSR count). The smallest absolute Gasteiger partial charge is 0.258 e. The van der Waals surface area contributed by atoms with E-state index in [2.05, 4.69) is 62.4 Å². The Morgan fingerprint density at radius 3 is 2.47 bits per heavy atom. The molecule has 0 spiro atoms. The highest BCUT2D eigenvalue weighted by Gasteiger charge is 2.27. The predicted octanol–water partition coefficient (Wildman–Crippen LogP) is 4.30. The van der Waals surface area contributed by atoms with Crippen molar-refractivity contribution in [1.29, 1.82) is 0 Å². The number of hydrogen-bond donors (Lipinski definition) is 3. The van der Waals surface area contributed by atoms with Gasteiger partial charge in [0.25, 0.3) is 5.91 Å². The number of aliphatic hydroxyl groups is 1. The van der Waals surface area contributed by atoms with E-state index < -0.39 is 0 Å². The average Bonchev–Trinajstić information content (AvgIpc) is 3.55. The number of amides is 1. The molecule has 2 aliphatic rings. The Kier molecular flexibility index (Phi) is 9.21. The van der Waals surface area contributed by atoms with Crippen LogP contribution in [0.1, 0.15) is 66.3 Å². The van der Waals surface area contributed by atoms with Crippen LogP contribution in [0.25, 0.3) is 22.3 Å². The molecule has 0 unspecified atom stereocenters. The molecule has 1 aliphatic carbocycles. The minimum absolute atomic E-state index is 0.142. The van der Waals surface area contributed by atoms with Gasteiger partial charge in [0, 0.05) is 73.5 Å². The van der Waals surface area contributed by atoms with Gasteiger partial charge < -0.3 is 24.8 Å². The summed E-state index contributed by atoms with van der Waals surface area (Å²) in [5.41, 5.74) is 6.97. The summed E-state index contributed by atoms with van der Waals surface area (Å²) in [6.45, 7) is 7.95. The maximum Gasteiger partial charge on any atom is 0.258 e. The number of nitrogens with zero attached hydrogens (tertiary/aromatic N) is 7. The Labute approximate surface area is 265 Å². The third kappa shape index (κ3) is 6.90. The summed E-state index contributed by atoms with van der Waals surface area (Å²) in [5, 5.41) is 21.5. The Balaban J connectivity index is 1.27. The van der Waals surface area contributed by atoms with Crippen molar-refractivity contribution >= 4 is 28.6 Å². The van der Waals surface area contributed by atoms with E-state index in [1.807, 2.05) is 37.7 Å².